The molecule has 1 atom stereocenters. The number of hydrogen-bond donors (Lipinski definition) is 1. The van der Waals surface area contributed by atoms with E-state index in [1.54, 1.807) is 0 Å². The zero-order valence-electron chi connectivity index (χ0n) is 13.1. The summed E-state index contributed by atoms with van der Waals surface area (Å²) in [5.74, 6) is 0.948. The Kier molecular flexibility index (Phi) is 5.46. The van der Waals surface area contributed by atoms with Gasteiger partial charge in [-0.3, -0.25) is 4.90 Å². The first kappa shape index (κ1) is 15.4. The molecule has 0 radical (unpaired) electrons. The maximum atomic E-state index is 4.75. The van der Waals surface area contributed by atoms with Gasteiger partial charge in [0.1, 0.15) is 5.82 Å². The molecule has 1 saturated heterocycles. The van der Waals surface area contributed by atoms with Crippen LogP contribution in [-0.4, -0.2) is 59.5 Å². The van der Waals surface area contributed by atoms with E-state index < -0.39 is 0 Å². The lowest BCUT2D eigenvalue weighted by molar-refractivity contribution is 0.219. The Morgan fingerprint density at radius 3 is 2.90 bits per heavy atom. The minimum atomic E-state index is 0.293. The molecule has 0 bridgehead atoms. The van der Waals surface area contributed by atoms with Crippen LogP contribution in [0.1, 0.15) is 37.8 Å². The van der Waals surface area contributed by atoms with Crippen LogP contribution in [0.3, 0.4) is 0 Å². The zero-order valence-corrected chi connectivity index (χ0v) is 13.1. The van der Waals surface area contributed by atoms with Gasteiger partial charge in [-0.15, -0.1) is 0 Å². The van der Waals surface area contributed by atoms with Crippen LogP contribution in [0.2, 0.25) is 0 Å². The molecule has 0 aliphatic carbocycles. The van der Waals surface area contributed by atoms with Gasteiger partial charge >= 0.3 is 0 Å². The SMILES string of the molecule is CC(C)NCc1ccnc(C2CN(C)CCCN2C)n1. The van der Waals surface area contributed by atoms with Gasteiger partial charge in [-0.05, 0) is 39.7 Å². The maximum absolute atomic E-state index is 4.75. The summed E-state index contributed by atoms with van der Waals surface area (Å²) in [6.07, 6.45) is 3.09. The largest absolute Gasteiger partial charge is 0.309 e. The first-order chi connectivity index (χ1) is 9.56. The lowest BCUT2D eigenvalue weighted by Gasteiger charge is -2.26. The molecule has 0 aromatic carbocycles. The summed E-state index contributed by atoms with van der Waals surface area (Å²) in [5, 5.41) is 3.41. The number of hydrogen-bond acceptors (Lipinski definition) is 5. The fourth-order valence-electron chi connectivity index (χ4n) is 2.53. The second kappa shape index (κ2) is 7.11. The van der Waals surface area contributed by atoms with Crippen LogP contribution in [0.15, 0.2) is 12.3 Å². The van der Waals surface area contributed by atoms with E-state index in [0.29, 0.717) is 12.1 Å². The van der Waals surface area contributed by atoms with E-state index >= 15 is 0 Å². The van der Waals surface area contributed by atoms with Crippen LogP contribution in [0.4, 0.5) is 0 Å². The zero-order chi connectivity index (χ0) is 14.5. The third-order valence-corrected chi connectivity index (χ3v) is 3.79. The molecular formula is C15H27N5. The highest BCUT2D eigenvalue weighted by molar-refractivity contribution is 5.06. The quantitative estimate of drug-likeness (QED) is 0.898. The highest BCUT2D eigenvalue weighted by atomic mass is 15.2. The van der Waals surface area contributed by atoms with Crippen molar-refractivity contribution >= 4 is 0 Å². The summed E-state index contributed by atoms with van der Waals surface area (Å²) in [4.78, 5) is 14.0. The first-order valence-electron chi connectivity index (χ1n) is 7.50. The van der Waals surface area contributed by atoms with Gasteiger partial charge in [-0.1, -0.05) is 13.8 Å². The summed E-state index contributed by atoms with van der Waals surface area (Å²) < 4.78 is 0. The molecule has 5 heteroatoms. The topological polar surface area (TPSA) is 44.3 Å². The molecule has 112 valence electrons. The highest BCUT2D eigenvalue weighted by Crippen LogP contribution is 2.20. The number of nitrogens with zero attached hydrogens (tertiary/aromatic N) is 4. The van der Waals surface area contributed by atoms with Crippen molar-refractivity contribution in [2.75, 3.05) is 33.7 Å². The molecule has 0 saturated carbocycles. The van der Waals surface area contributed by atoms with E-state index in [1.807, 2.05) is 12.3 Å². The maximum Gasteiger partial charge on any atom is 0.146 e. The molecule has 20 heavy (non-hydrogen) atoms. The van der Waals surface area contributed by atoms with Crippen LogP contribution < -0.4 is 5.32 Å². The van der Waals surface area contributed by atoms with Crippen LogP contribution in [0.25, 0.3) is 0 Å². The van der Waals surface area contributed by atoms with Crippen molar-refractivity contribution in [1.82, 2.24) is 25.1 Å². The Morgan fingerprint density at radius 1 is 1.35 bits per heavy atom. The van der Waals surface area contributed by atoms with Gasteiger partial charge in [-0.2, -0.15) is 0 Å². The fraction of sp³-hybridized carbons (Fsp3) is 0.733. The normalized spacial score (nSPS) is 22.1. The lowest BCUT2D eigenvalue weighted by atomic mass is 10.2. The predicted molar refractivity (Wildman–Crippen MR) is 81.5 cm³/mol. The third-order valence-electron chi connectivity index (χ3n) is 3.79. The molecular weight excluding hydrogens is 250 g/mol. The summed E-state index contributed by atoms with van der Waals surface area (Å²) in [6, 6.07) is 2.76. The fourth-order valence-corrected chi connectivity index (χ4v) is 2.53. The van der Waals surface area contributed by atoms with Gasteiger partial charge in [0.25, 0.3) is 0 Å². The van der Waals surface area contributed by atoms with Gasteiger partial charge in [0, 0.05) is 25.3 Å². The van der Waals surface area contributed by atoms with Crippen LogP contribution in [-0.2, 0) is 6.54 Å². The van der Waals surface area contributed by atoms with E-state index in [9.17, 15) is 0 Å². The molecule has 0 amide bonds. The van der Waals surface area contributed by atoms with Gasteiger partial charge in [0.05, 0.1) is 11.7 Å². The summed E-state index contributed by atoms with van der Waals surface area (Å²) in [7, 11) is 4.35. The summed E-state index contributed by atoms with van der Waals surface area (Å²) >= 11 is 0. The first-order valence-corrected chi connectivity index (χ1v) is 7.50. The number of nitrogens with one attached hydrogen (secondary N) is 1. The van der Waals surface area contributed by atoms with Crippen molar-refractivity contribution in [2.45, 2.75) is 38.9 Å². The third kappa shape index (κ3) is 4.23. The van der Waals surface area contributed by atoms with Crippen molar-refractivity contribution in [3.8, 4) is 0 Å². The molecule has 2 heterocycles. The Balaban J connectivity index is 2.11. The molecule has 0 spiro atoms. The highest BCUT2D eigenvalue weighted by Gasteiger charge is 2.24. The van der Waals surface area contributed by atoms with E-state index in [0.717, 1.165) is 37.7 Å². The Morgan fingerprint density at radius 2 is 2.15 bits per heavy atom. The van der Waals surface area contributed by atoms with Crippen LogP contribution in [0, 0.1) is 0 Å². The molecule has 1 aromatic heterocycles. The molecule has 1 fully saturated rings. The molecule has 1 aliphatic rings. The van der Waals surface area contributed by atoms with E-state index in [2.05, 4.69) is 48.0 Å². The summed E-state index contributed by atoms with van der Waals surface area (Å²) in [6.45, 7) is 8.35. The minimum Gasteiger partial charge on any atom is -0.309 e. The average Bonchev–Trinajstić information content (AvgIpc) is 2.58. The van der Waals surface area contributed by atoms with Gasteiger partial charge in [0.15, 0.2) is 0 Å². The molecule has 5 nitrogen and oxygen atoms in total. The van der Waals surface area contributed by atoms with Crippen molar-refractivity contribution in [3.63, 3.8) is 0 Å². The Labute approximate surface area is 122 Å². The van der Waals surface area contributed by atoms with Gasteiger partial charge < -0.3 is 10.2 Å². The molecule has 1 aromatic rings. The summed E-state index contributed by atoms with van der Waals surface area (Å²) in [5.41, 5.74) is 1.07. The minimum absolute atomic E-state index is 0.293. The van der Waals surface area contributed by atoms with E-state index in [-0.39, 0.29) is 0 Å². The van der Waals surface area contributed by atoms with Crippen molar-refractivity contribution < 1.29 is 0 Å². The number of likely N-dealkylation sites (N-methyl/N-ethyl adjacent to an activating group) is 2. The predicted octanol–water partition coefficient (Wildman–Crippen LogP) is 1.28. The van der Waals surface area contributed by atoms with E-state index in [4.69, 9.17) is 4.98 Å². The second-order valence-electron chi connectivity index (χ2n) is 6.05. The van der Waals surface area contributed by atoms with Crippen molar-refractivity contribution in [1.29, 1.82) is 0 Å². The van der Waals surface area contributed by atoms with Gasteiger partial charge in [0.2, 0.25) is 0 Å². The Bertz CT molecular complexity index is 420. The monoisotopic (exact) mass is 277 g/mol. The smallest absolute Gasteiger partial charge is 0.146 e. The Hall–Kier alpha value is -1.04. The second-order valence-corrected chi connectivity index (χ2v) is 6.05. The van der Waals surface area contributed by atoms with Gasteiger partial charge in [-0.25, -0.2) is 9.97 Å². The molecule has 1 N–H and O–H groups in total. The van der Waals surface area contributed by atoms with Crippen molar-refractivity contribution in [2.24, 2.45) is 0 Å². The molecule has 1 aliphatic heterocycles. The van der Waals surface area contributed by atoms with Crippen LogP contribution in [0.5, 0.6) is 0 Å². The average molecular weight is 277 g/mol. The number of aromatic nitrogens is 2. The lowest BCUT2D eigenvalue weighted by Crippen LogP contribution is -2.32. The number of rotatable bonds is 4. The standard InChI is InChI=1S/C15H27N5/c1-12(2)17-10-13-6-7-16-15(18-13)14-11-19(3)8-5-9-20(14)4/h6-7,12,14,17H,5,8-11H2,1-4H3. The van der Waals surface area contributed by atoms with Crippen molar-refractivity contribution in [3.05, 3.63) is 23.8 Å². The van der Waals surface area contributed by atoms with Crippen LogP contribution >= 0.6 is 0 Å². The molecule has 2 rings (SSSR count). The molecule has 1 unspecified atom stereocenters. The van der Waals surface area contributed by atoms with E-state index in [1.165, 1.54) is 6.42 Å².